The first-order chi connectivity index (χ1) is 13.1. The molecule has 3 heterocycles. The first kappa shape index (κ1) is 18.2. The lowest BCUT2D eigenvalue weighted by Crippen LogP contribution is -2.55. The van der Waals surface area contributed by atoms with E-state index in [1.165, 1.54) is 0 Å². The van der Waals surface area contributed by atoms with E-state index in [4.69, 9.17) is 4.98 Å². The van der Waals surface area contributed by atoms with E-state index >= 15 is 0 Å². The van der Waals surface area contributed by atoms with Crippen LogP contribution in [0.15, 0.2) is 18.6 Å². The summed E-state index contributed by atoms with van der Waals surface area (Å²) in [5, 5.41) is 13.8. The lowest BCUT2D eigenvalue weighted by molar-refractivity contribution is -0.134. The van der Waals surface area contributed by atoms with Gasteiger partial charge in [0, 0.05) is 43.4 Å². The maximum Gasteiger partial charge on any atom is 0.226 e. The van der Waals surface area contributed by atoms with Crippen LogP contribution in [0.1, 0.15) is 25.5 Å². The largest absolute Gasteiger partial charge is 0.350 e. The average molecular weight is 477 g/mol. The first-order valence-electron chi connectivity index (χ1n) is 9.02. The van der Waals surface area contributed by atoms with Gasteiger partial charge in [0.25, 0.3) is 0 Å². The lowest BCUT2D eigenvalue weighted by Gasteiger charge is -2.40. The van der Waals surface area contributed by atoms with Crippen LogP contribution in [0.3, 0.4) is 0 Å². The molecule has 2 aliphatic rings. The molecular weight excluding hydrogens is 457 g/mol. The third-order valence-corrected chi connectivity index (χ3v) is 5.75. The van der Waals surface area contributed by atoms with Gasteiger partial charge in [0.05, 0.1) is 22.6 Å². The summed E-state index contributed by atoms with van der Waals surface area (Å²) in [6.07, 6.45) is 7.33. The van der Waals surface area contributed by atoms with Gasteiger partial charge in [-0.15, -0.1) is 0 Å². The summed E-state index contributed by atoms with van der Waals surface area (Å²) in [4.78, 5) is 25.5. The number of rotatable bonds is 4. The maximum atomic E-state index is 12.4. The van der Waals surface area contributed by atoms with Gasteiger partial charge in [0.2, 0.25) is 5.91 Å². The molecule has 9 heteroatoms. The van der Waals surface area contributed by atoms with Crippen molar-refractivity contribution in [1.29, 1.82) is 5.26 Å². The van der Waals surface area contributed by atoms with Crippen molar-refractivity contribution in [3.63, 3.8) is 0 Å². The number of hydrogen-bond acceptors (Lipinski definition) is 6. The second-order valence-electron chi connectivity index (χ2n) is 7.03. The predicted molar refractivity (Wildman–Crippen MR) is 108 cm³/mol. The predicted octanol–water partition coefficient (Wildman–Crippen LogP) is 2.05. The van der Waals surface area contributed by atoms with E-state index in [1.807, 2.05) is 15.8 Å². The van der Waals surface area contributed by atoms with Crippen molar-refractivity contribution in [3.05, 3.63) is 24.3 Å². The highest BCUT2D eigenvalue weighted by Gasteiger charge is 2.37. The summed E-state index contributed by atoms with van der Waals surface area (Å²) in [7, 11) is 0. The molecule has 0 N–H and O–H groups in total. The Labute approximate surface area is 171 Å². The molecule has 1 atom stereocenters. The van der Waals surface area contributed by atoms with E-state index in [1.54, 1.807) is 12.4 Å². The number of piperazine rings is 1. The van der Waals surface area contributed by atoms with Gasteiger partial charge < -0.3 is 9.80 Å². The standard InChI is InChI=1S/C18H20IN7O/c1-12-9-24(4-5-26(12)18(27)13-2-3-13)17-15(6-20)21-8-16(23-17)14-7-22-25(10-14)11-19/h7-8,10,12-13H,2-5,9,11H2,1H3/t12-/m1/s1. The minimum absolute atomic E-state index is 0.0885. The highest BCUT2D eigenvalue weighted by molar-refractivity contribution is 14.1. The Kier molecular flexibility index (Phi) is 4.99. The molecule has 1 aliphatic heterocycles. The maximum absolute atomic E-state index is 12.4. The first-order valence-corrected chi connectivity index (χ1v) is 10.5. The summed E-state index contributed by atoms with van der Waals surface area (Å²) in [6, 6.07) is 2.24. The second-order valence-corrected chi connectivity index (χ2v) is 7.71. The fourth-order valence-electron chi connectivity index (χ4n) is 3.42. The highest BCUT2D eigenvalue weighted by atomic mass is 127. The van der Waals surface area contributed by atoms with Crippen LogP contribution in [-0.4, -0.2) is 56.2 Å². The smallest absolute Gasteiger partial charge is 0.226 e. The number of carbonyl (C=O) groups excluding carboxylic acids is 1. The Morgan fingerprint density at radius 3 is 2.81 bits per heavy atom. The molecule has 0 spiro atoms. The molecule has 1 amide bonds. The molecule has 4 rings (SSSR count). The number of nitriles is 1. The summed E-state index contributed by atoms with van der Waals surface area (Å²) in [5.41, 5.74) is 1.89. The number of anilines is 1. The van der Waals surface area contributed by atoms with Crippen molar-refractivity contribution in [2.45, 2.75) is 30.4 Å². The number of aromatic nitrogens is 4. The van der Waals surface area contributed by atoms with Gasteiger partial charge in [-0.05, 0) is 19.8 Å². The van der Waals surface area contributed by atoms with Gasteiger partial charge in [-0.1, -0.05) is 22.6 Å². The molecule has 0 radical (unpaired) electrons. The number of halogens is 1. The summed E-state index contributed by atoms with van der Waals surface area (Å²) in [6.45, 7) is 4.02. The van der Waals surface area contributed by atoms with E-state index in [0.29, 0.717) is 36.8 Å². The van der Waals surface area contributed by atoms with E-state index in [0.717, 1.165) is 23.0 Å². The molecule has 0 aromatic carbocycles. The van der Waals surface area contributed by atoms with Gasteiger partial charge in [0.1, 0.15) is 6.07 Å². The molecule has 0 unspecified atom stereocenters. The third-order valence-electron chi connectivity index (χ3n) is 5.05. The highest BCUT2D eigenvalue weighted by Crippen LogP contribution is 2.33. The fraction of sp³-hybridized carbons (Fsp3) is 0.500. The van der Waals surface area contributed by atoms with Crippen LogP contribution in [-0.2, 0) is 9.35 Å². The van der Waals surface area contributed by atoms with Crippen LogP contribution in [0.2, 0.25) is 0 Å². The van der Waals surface area contributed by atoms with Crippen molar-refractivity contribution >= 4 is 34.3 Å². The minimum atomic E-state index is 0.0885. The number of amides is 1. The second kappa shape index (κ2) is 7.42. The quantitative estimate of drug-likeness (QED) is 0.495. The molecule has 1 aliphatic carbocycles. The Hall–Kier alpha value is -2.22. The van der Waals surface area contributed by atoms with Crippen molar-refractivity contribution in [2.75, 3.05) is 24.5 Å². The molecule has 0 bridgehead atoms. The van der Waals surface area contributed by atoms with Gasteiger partial charge in [-0.2, -0.15) is 10.4 Å². The fourth-order valence-corrected chi connectivity index (χ4v) is 3.79. The van der Waals surface area contributed by atoms with E-state index in [2.05, 4.69) is 50.6 Å². The Morgan fingerprint density at radius 1 is 1.37 bits per heavy atom. The molecule has 27 heavy (non-hydrogen) atoms. The molecule has 1 saturated carbocycles. The van der Waals surface area contributed by atoms with Gasteiger partial charge in [-0.3, -0.25) is 9.48 Å². The molecule has 2 fully saturated rings. The lowest BCUT2D eigenvalue weighted by atomic mass is 10.1. The monoisotopic (exact) mass is 477 g/mol. The number of alkyl halides is 1. The van der Waals surface area contributed by atoms with Gasteiger partial charge in [0.15, 0.2) is 11.5 Å². The zero-order chi connectivity index (χ0) is 19.0. The van der Waals surface area contributed by atoms with Gasteiger partial charge in [-0.25, -0.2) is 9.97 Å². The number of carbonyl (C=O) groups is 1. The van der Waals surface area contributed by atoms with Crippen molar-refractivity contribution in [2.24, 2.45) is 5.92 Å². The average Bonchev–Trinajstić information content (AvgIpc) is 3.44. The summed E-state index contributed by atoms with van der Waals surface area (Å²) < 4.78 is 2.57. The van der Waals surface area contributed by atoms with Crippen molar-refractivity contribution in [1.82, 2.24) is 24.6 Å². The van der Waals surface area contributed by atoms with Crippen LogP contribution < -0.4 is 4.90 Å². The summed E-state index contributed by atoms with van der Waals surface area (Å²) in [5.74, 6) is 1.09. The molecule has 1 saturated heterocycles. The van der Waals surface area contributed by atoms with E-state index in [-0.39, 0.29) is 17.9 Å². The molecule has 140 valence electrons. The van der Waals surface area contributed by atoms with Crippen LogP contribution in [0.5, 0.6) is 0 Å². The van der Waals surface area contributed by atoms with E-state index < -0.39 is 0 Å². The molecule has 2 aromatic heterocycles. The topological polar surface area (TPSA) is 90.9 Å². The zero-order valence-corrected chi connectivity index (χ0v) is 17.2. The van der Waals surface area contributed by atoms with Crippen LogP contribution in [0.25, 0.3) is 11.3 Å². The summed E-state index contributed by atoms with van der Waals surface area (Å²) >= 11 is 2.24. The minimum Gasteiger partial charge on any atom is -0.350 e. The molecule has 8 nitrogen and oxygen atoms in total. The molecule has 2 aromatic rings. The van der Waals surface area contributed by atoms with Crippen LogP contribution in [0.4, 0.5) is 5.82 Å². The SMILES string of the molecule is C[C@@H]1CN(c2nc(-c3cnn(CI)c3)cnc2C#N)CCN1C(=O)C1CC1. The Morgan fingerprint density at radius 2 is 2.19 bits per heavy atom. The third kappa shape index (κ3) is 3.63. The molecular formula is C18H20IN7O. The van der Waals surface area contributed by atoms with Crippen molar-refractivity contribution < 1.29 is 4.79 Å². The van der Waals surface area contributed by atoms with Crippen LogP contribution in [0, 0.1) is 17.2 Å². The number of hydrogen-bond donors (Lipinski definition) is 0. The van der Waals surface area contributed by atoms with Gasteiger partial charge >= 0.3 is 0 Å². The normalized spacial score (nSPS) is 19.8. The Bertz CT molecular complexity index is 901. The Balaban J connectivity index is 1.58. The van der Waals surface area contributed by atoms with E-state index in [9.17, 15) is 10.1 Å². The van der Waals surface area contributed by atoms with Crippen LogP contribution >= 0.6 is 22.6 Å². The number of nitrogens with zero attached hydrogens (tertiary/aromatic N) is 7. The van der Waals surface area contributed by atoms with Crippen molar-refractivity contribution in [3.8, 4) is 17.3 Å². The zero-order valence-electron chi connectivity index (χ0n) is 15.0.